The summed E-state index contributed by atoms with van der Waals surface area (Å²) < 4.78 is 1.77. The van der Waals surface area contributed by atoms with Gasteiger partial charge in [0.15, 0.2) is 0 Å². The van der Waals surface area contributed by atoms with Gasteiger partial charge in [0.25, 0.3) is 5.91 Å². The number of rotatable bonds is 8. The Hall–Kier alpha value is -3.45. The summed E-state index contributed by atoms with van der Waals surface area (Å²) in [4.78, 5) is 27.0. The molecule has 178 valence electrons. The summed E-state index contributed by atoms with van der Waals surface area (Å²) in [5, 5.41) is 7.86. The molecule has 0 aliphatic carbocycles. The van der Waals surface area contributed by atoms with Gasteiger partial charge >= 0.3 is 0 Å². The number of nitrogens with zero attached hydrogens (tertiary/aromatic N) is 3. The van der Waals surface area contributed by atoms with Crippen LogP contribution in [0.1, 0.15) is 40.7 Å². The van der Waals surface area contributed by atoms with E-state index < -0.39 is 0 Å². The molecule has 4 rings (SSSR count). The normalized spacial score (nSPS) is 16.4. The SMILES string of the molecule is Cc1ccc(-c2nn(-c3ccccc3)cc2C(=O)NCCCN2CCCC(C(N)=O)C2)c(C)c1. The summed E-state index contributed by atoms with van der Waals surface area (Å²) >= 11 is 0. The number of amides is 2. The lowest BCUT2D eigenvalue weighted by Gasteiger charge is -2.31. The molecule has 1 aliphatic rings. The number of primary amides is 1. The highest BCUT2D eigenvalue weighted by atomic mass is 16.2. The van der Waals surface area contributed by atoms with Gasteiger partial charge in [-0.2, -0.15) is 5.10 Å². The Morgan fingerprint density at radius 1 is 1.15 bits per heavy atom. The standard InChI is InChI=1S/C27H33N5O2/c1-19-11-12-23(20(2)16-19)25-24(18-32(30-25)22-9-4-3-5-10-22)27(34)29-13-7-15-31-14-6-8-21(17-31)26(28)33/h3-5,9-12,16,18,21H,6-8,13-15,17H2,1-2H3,(H2,28,33)(H,29,34). The highest BCUT2D eigenvalue weighted by molar-refractivity contribution is 6.00. The topological polar surface area (TPSA) is 93.2 Å². The van der Waals surface area contributed by atoms with Gasteiger partial charge in [-0.15, -0.1) is 0 Å². The van der Waals surface area contributed by atoms with Crippen LogP contribution < -0.4 is 11.1 Å². The molecule has 1 atom stereocenters. The van der Waals surface area contributed by atoms with Crippen molar-refractivity contribution in [2.75, 3.05) is 26.2 Å². The number of nitrogens with one attached hydrogen (secondary N) is 1. The second-order valence-corrected chi connectivity index (χ2v) is 9.14. The molecule has 2 amide bonds. The summed E-state index contributed by atoms with van der Waals surface area (Å²) in [6.45, 7) is 7.17. The van der Waals surface area contributed by atoms with Gasteiger partial charge < -0.3 is 16.0 Å². The molecule has 7 heteroatoms. The van der Waals surface area contributed by atoms with Crippen molar-refractivity contribution in [2.24, 2.45) is 11.7 Å². The molecule has 0 radical (unpaired) electrons. The fraction of sp³-hybridized carbons (Fsp3) is 0.370. The summed E-state index contributed by atoms with van der Waals surface area (Å²) in [7, 11) is 0. The van der Waals surface area contributed by atoms with Gasteiger partial charge in [0.05, 0.1) is 17.2 Å². The summed E-state index contributed by atoms with van der Waals surface area (Å²) in [5.74, 6) is -0.411. The van der Waals surface area contributed by atoms with E-state index >= 15 is 0 Å². The second-order valence-electron chi connectivity index (χ2n) is 9.14. The molecule has 2 aromatic carbocycles. The van der Waals surface area contributed by atoms with Gasteiger partial charge in [0.2, 0.25) is 5.91 Å². The van der Waals surface area contributed by atoms with Gasteiger partial charge in [-0.25, -0.2) is 4.68 Å². The van der Waals surface area contributed by atoms with Gasteiger partial charge in [-0.05, 0) is 63.9 Å². The molecule has 34 heavy (non-hydrogen) atoms. The number of piperidine rings is 1. The summed E-state index contributed by atoms with van der Waals surface area (Å²) in [5.41, 5.74) is 10.8. The Morgan fingerprint density at radius 2 is 1.94 bits per heavy atom. The first kappa shape index (κ1) is 23.7. The Morgan fingerprint density at radius 3 is 2.68 bits per heavy atom. The van der Waals surface area contributed by atoms with Crippen LogP contribution in [0.25, 0.3) is 16.9 Å². The van der Waals surface area contributed by atoms with Crippen LogP contribution in [0.5, 0.6) is 0 Å². The van der Waals surface area contributed by atoms with E-state index in [2.05, 4.69) is 23.2 Å². The molecule has 1 aromatic heterocycles. The first-order chi connectivity index (χ1) is 16.4. The van der Waals surface area contributed by atoms with E-state index in [4.69, 9.17) is 10.8 Å². The molecule has 1 aliphatic heterocycles. The fourth-order valence-corrected chi connectivity index (χ4v) is 4.62. The Balaban J connectivity index is 1.47. The van der Waals surface area contributed by atoms with Crippen LogP contribution in [-0.2, 0) is 4.79 Å². The molecule has 0 spiro atoms. The molecule has 0 bridgehead atoms. The number of benzene rings is 2. The maximum absolute atomic E-state index is 13.2. The minimum atomic E-state index is -0.215. The molecular formula is C27H33N5O2. The minimum absolute atomic E-state index is 0.0625. The number of nitrogens with two attached hydrogens (primary N) is 1. The Bertz CT molecular complexity index is 1160. The Labute approximate surface area is 200 Å². The van der Waals surface area contributed by atoms with Gasteiger partial charge in [-0.1, -0.05) is 42.0 Å². The third kappa shape index (κ3) is 5.54. The lowest BCUT2D eigenvalue weighted by Crippen LogP contribution is -2.42. The smallest absolute Gasteiger partial charge is 0.255 e. The van der Waals surface area contributed by atoms with Crippen LogP contribution in [0.2, 0.25) is 0 Å². The lowest BCUT2D eigenvalue weighted by molar-refractivity contribution is -0.123. The maximum Gasteiger partial charge on any atom is 0.255 e. The number of carbonyl (C=O) groups is 2. The quantitative estimate of drug-likeness (QED) is 0.505. The van der Waals surface area contributed by atoms with E-state index in [9.17, 15) is 9.59 Å². The molecular weight excluding hydrogens is 426 g/mol. The molecule has 0 saturated carbocycles. The first-order valence-electron chi connectivity index (χ1n) is 11.9. The lowest BCUT2D eigenvalue weighted by atomic mass is 9.97. The number of aromatic nitrogens is 2. The highest BCUT2D eigenvalue weighted by Gasteiger charge is 2.24. The molecule has 3 aromatic rings. The van der Waals surface area contributed by atoms with Gasteiger partial charge in [0, 0.05) is 24.8 Å². The molecule has 1 saturated heterocycles. The zero-order valence-electron chi connectivity index (χ0n) is 20.0. The minimum Gasteiger partial charge on any atom is -0.369 e. The van der Waals surface area contributed by atoms with Crippen molar-refractivity contribution in [1.82, 2.24) is 20.0 Å². The van der Waals surface area contributed by atoms with Gasteiger partial charge in [-0.3, -0.25) is 9.59 Å². The van der Waals surface area contributed by atoms with Crippen LogP contribution in [-0.4, -0.2) is 52.7 Å². The van der Waals surface area contributed by atoms with Crippen molar-refractivity contribution in [3.8, 4) is 16.9 Å². The Kier molecular flexibility index (Phi) is 7.43. The van der Waals surface area contributed by atoms with Crippen LogP contribution in [0.15, 0.2) is 54.7 Å². The molecule has 3 N–H and O–H groups in total. The van der Waals surface area contributed by atoms with Crippen LogP contribution in [0, 0.1) is 19.8 Å². The molecule has 1 unspecified atom stereocenters. The van der Waals surface area contributed by atoms with Gasteiger partial charge in [0.1, 0.15) is 5.69 Å². The van der Waals surface area contributed by atoms with Crippen molar-refractivity contribution in [3.05, 3.63) is 71.4 Å². The van der Waals surface area contributed by atoms with E-state index in [1.54, 1.807) is 10.9 Å². The third-order valence-corrected chi connectivity index (χ3v) is 6.46. The summed E-state index contributed by atoms with van der Waals surface area (Å²) in [6.07, 6.45) is 4.47. The average Bonchev–Trinajstić information content (AvgIpc) is 3.28. The summed E-state index contributed by atoms with van der Waals surface area (Å²) in [6, 6.07) is 16.0. The van der Waals surface area contributed by atoms with Crippen molar-refractivity contribution in [1.29, 1.82) is 0 Å². The average molecular weight is 460 g/mol. The third-order valence-electron chi connectivity index (χ3n) is 6.46. The number of hydrogen-bond acceptors (Lipinski definition) is 4. The number of para-hydroxylation sites is 1. The predicted octanol–water partition coefficient (Wildman–Crippen LogP) is 3.47. The number of hydrogen-bond donors (Lipinski definition) is 2. The van der Waals surface area contributed by atoms with E-state index in [0.717, 1.165) is 49.2 Å². The van der Waals surface area contributed by atoms with E-state index in [1.807, 2.05) is 49.4 Å². The number of likely N-dealkylation sites (tertiary alicyclic amines) is 1. The zero-order valence-corrected chi connectivity index (χ0v) is 20.0. The zero-order chi connectivity index (χ0) is 24.1. The molecule has 7 nitrogen and oxygen atoms in total. The number of carbonyl (C=O) groups excluding carboxylic acids is 2. The molecule has 2 heterocycles. The van der Waals surface area contributed by atoms with Crippen LogP contribution in [0.4, 0.5) is 0 Å². The van der Waals surface area contributed by atoms with Crippen molar-refractivity contribution >= 4 is 11.8 Å². The van der Waals surface area contributed by atoms with Crippen molar-refractivity contribution < 1.29 is 9.59 Å². The number of aryl methyl sites for hydroxylation is 2. The molecule has 1 fully saturated rings. The van der Waals surface area contributed by atoms with Crippen molar-refractivity contribution in [3.63, 3.8) is 0 Å². The van der Waals surface area contributed by atoms with Crippen LogP contribution in [0.3, 0.4) is 0 Å². The monoisotopic (exact) mass is 459 g/mol. The van der Waals surface area contributed by atoms with E-state index in [0.29, 0.717) is 24.3 Å². The van der Waals surface area contributed by atoms with E-state index in [-0.39, 0.29) is 17.7 Å². The maximum atomic E-state index is 13.2. The van der Waals surface area contributed by atoms with E-state index in [1.165, 1.54) is 5.56 Å². The van der Waals surface area contributed by atoms with Crippen molar-refractivity contribution in [2.45, 2.75) is 33.1 Å². The van der Waals surface area contributed by atoms with Crippen LogP contribution >= 0.6 is 0 Å². The second kappa shape index (κ2) is 10.7. The highest BCUT2D eigenvalue weighted by Crippen LogP contribution is 2.27. The fourth-order valence-electron chi connectivity index (χ4n) is 4.62. The largest absolute Gasteiger partial charge is 0.369 e. The predicted molar refractivity (Wildman–Crippen MR) is 134 cm³/mol. The first-order valence-corrected chi connectivity index (χ1v) is 11.9.